The lowest BCUT2D eigenvalue weighted by atomic mass is 9.86. The molecular formula is C23H23ClN2OS. The first-order valence-corrected chi connectivity index (χ1v) is 10.9. The Kier molecular flexibility index (Phi) is 5.88. The van der Waals surface area contributed by atoms with Crippen LogP contribution in [0.3, 0.4) is 0 Å². The fraction of sp³-hybridized carbons (Fsp3) is 0.304. The van der Waals surface area contributed by atoms with Gasteiger partial charge in [0.1, 0.15) is 5.03 Å². The summed E-state index contributed by atoms with van der Waals surface area (Å²) in [5.74, 6) is 0.518. The van der Waals surface area contributed by atoms with E-state index < -0.39 is 0 Å². The summed E-state index contributed by atoms with van der Waals surface area (Å²) >= 11 is 7.53. The molecule has 3 aromatic rings. The van der Waals surface area contributed by atoms with E-state index in [-0.39, 0.29) is 11.9 Å². The van der Waals surface area contributed by atoms with Crippen molar-refractivity contribution >= 4 is 40.2 Å². The molecule has 144 valence electrons. The predicted octanol–water partition coefficient (Wildman–Crippen LogP) is 6.35. The molecule has 5 heteroatoms. The molecule has 0 spiro atoms. The van der Waals surface area contributed by atoms with E-state index in [2.05, 4.69) is 12.2 Å². The van der Waals surface area contributed by atoms with Gasteiger partial charge >= 0.3 is 0 Å². The first kappa shape index (κ1) is 19.3. The lowest BCUT2D eigenvalue weighted by molar-refractivity contribution is 0.0911. The first-order chi connectivity index (χ1) is 13.6. The number of para-hydroxylation sites is 1. The molecule has 1 aliphatic carbocycles. The second kappa shape index (κ2) is 8.54. The number of aromatic nitrogens is 1. The first-order valence-electron chi connectivity index (χ1n) is 9.74. The molecule has 3 nitrogen and oxygen atoms in total. The van der Waals surface area contributed by atoms with Crippen LogP contribution < -0.4 is 5.32 Å². The predicted molar refractivity (Wildman–Crippen MR) is 116 cm³/mol. The number of rotatable bonds is 4. The largest absolute Gasteiger partial charge is 0.349 e. The molecule has 1 heterocycles. The number of halogens is 1. The van der Waals surface area contributed by atoms with Crippen LogP contribution >= 0.6 is 23.4 Å². The van der Waals surface area contributed by atoms with Gasteiger partial charge in [-0.25, -0.2) is 4.98 Å². The van der Waals surface area contributed by atoms with Crippen molar-refractivity contribution in [1.82, 2.24) is 10.3 Å². The topological polar surface area (TPSA) is 42.0 Å². The lowest BCUT2D eigenvalue weighted by Gasteiger charge is -2.29. The van der Waals surface area contributed by atoms with Gasteiger partial charge in [-0.2, -0.15) is 0 Å². The highest BCUT2D eigenvalue weighted by molar-refractivity contribution is 7.99. The van der Waals surface area contributed by atoms with Crippen LogP contribution in [0.1, 0.15) is 43.0 Å². The number of pyridine rings is 1. The molecule has 0 bridgehead atoms. The quantitative estimate of drug-likeness (QED) is 0.545. The normalized spacial score (nSPS) is 19.5. The molecule has 1 saturated carbocycles. The third kappa shape index (κ3) is 4.34. The van der Waals surface area contributed by atoms with Crippen molar-refractivity contribution in [2.75, 3.05) is 0 Å². The number of carbonyl (C=O) groups excluding carboxylic acids is 1. The van der Waals surface area contributed by atoms with Crippen LogP contribution in [0.25, 0.3) is 10.9 Å². The molecule has 1 N–H and O–H groups in total. The SMILES string of the molecule is CC1CCCCC1NC(=O)c1cc(Sc2ccc(Cl)cc2)nc2ccccc12. The second-order valence-electron chi connectivity index (χ2n) is 7.42. The van der Waals surface area contributed by atoms with Crippen LogP contribution in [0.2, 0.25) is 5.02 Å². The zero-order valence-corrected chi connectivity index (χ0v) is 17.4. The van der Waals surface area contributed by atoms with Crippen molar-refractivity contribution in [3.63, 3.8) is 0 Å². The summed E-state index contributed by atoms with van der Waals surface area (Å²) in [6, 6.07) is 17.7. The van der Waals surface area contributed by atoms with Crippen LogP contribution in [0.4, 0.5) is 0 Å². The van der Waals surface area contributed by atoms with Gasteiger partial charge in [-0.05, 0) is 55.2 Å². The van der Waals surface area contributed by atoms with E-state index >= 15 is 0 Å². The van der Waals surface area contributed by atoms with Gasteiger partial charge in [0.2, 0.25) is 0 Å². The van der Waals surface area contributed by atoms with Crippen molar-refractivity contribution in [3.05, 3.63) is 65.2 Å². The van der Waals surface area contributed by atoms with Crippen molar-refractivity contribution in [1.29, 1.82) is 0 Å². The molecule has 1 aromatic heterocycles. The number of carbonyl (C=O) groups is 1. The Hall–Kier alpha value is -2.04. The average Bonchev–Trinajstić information content (AvgIpc) is 2.71. The van der Waals surface area contributed by atoms with Crippen molar-refractivity contribution in [3.8, 4) is 0 Å². The van der Waals surface area contributed by atoms with E-state index in [1.807, 2.05) is 54.6 Å². The molecule has 0 radical (unpaired) electrons. The van der Waals surface area contributed by atoms with Gasteiger partial charge in [-0.3, -0.25) is 4.79 Å². The van der Waals surface area contributed by atoms with Gasteiger partial charge in [0.25, 0.3) is 5.91 Å². The van der Waals surface area contributed by atoms with Crippen LogP contribution in [0.5, 0.6) is 0 Å². The Labute approximate surface area is 174 Å². The number of hydrogen-bond donors (Lipinski definition) is 1. The van der Waals surface area contributed by atoms with Crippen molar-refractivity contribution in [2.45, 2.75) is 48.6 Å². The lowest BCUT2D eigenvalue weighted by Crippen LogP contribution is -2.41. The highest BCUT2D eigenvalue weighted by Crippen LogP contribution is 2.31. The minimum atomic E-state index is -0.00435. The molecular weight excluding hydrogens is 388 g/mol. The summed E-state index contributed by atoms with van der Waals surface area (Å²) in [7, 11) is 0. The van der Waals surface area contributed by atoms with E-state index in [1.165, 1.54) is 31.0 Å². The number of hydrogen-bond acceptors (Lipinski definition) is 3. The number of nitrogens with zero attached hydrogens (tertiary/aromatic N) is 1. The van der Waals surface area contributed by atoms with Gasteiger partial charge < -0.3 is 5.32 Å². The molecule has 1 aliphatic rings. The molecule has 2 atom stereocenters. The van der Waals surface area contributed by atoms with Gasteiger partial charge in [-0.1, -0.05) is 61.3 Å². The summed E-state index contributed by atoms with van der Waals surface area (Å²) in [5, 5.41) is 5.69. The molecule has 2 unspecified atom stereocenters. The van der Waals surface area contributed by atoms with Gasteiger partial charge in [0.15, 0.2) is 0 Å². The zero-order valence-electron chi connectivity index (χ0n) is 15.8. The molecule has 0 saturated heterocycles. The Morgan fingerprint density at radius 1 is 1.11 bits per heavy atom. The number of amides is 1. The van der Waals surface area contributed by atoms with Crippen LogP contribution in [0, 0.1) is 5.92 Å². The summed E-state index contributed by atoms with van der Waals surface area (Å²) < 4.78 is 0. The highest BCUT2D eigenvalue weighted by atomic mass is 35.5. The molecule has 4 rings (SSSR count). The number of nitrogens with one attached hydrogen (secondary N) is 1. The molecule has 1 fully saturated rings. The third-order valence-electron chi connectivity index (χ3n) is 5.40. The van der Waals surface area contributed by atoms with E-state index in [9.17, 15) is 4.79 Å². The smallest absolute Gasteiger partial charge is 0.252 e. The summed E-state index contributed by atoms with van der Waals surface area (Å²) in [6.07, 6.45) is 4.68. The number of fused-ring (bicyclic) bond motifs is 1. The van der Waals surface area contributed by atoms with Gasteiger partial charge in [0.05, 0.1) is 11.1 Å². The van der Waals surface area contributed by atoms with E-state index in [0.717, 1.165) is 27.2 Å². The Bertz CT molecular complexity index is 990. The van der Waals surface area contributed by atoms with Crippen LogP contribution in [0.15, 0.2) is 64.5 Å². The fourth-order valence-corrected chi connectivity index (χ4v) is 4.75. The zero-order chi connectivity index (χ0) is 19.5. The maximum atomic E-state index is 13.2. The minimum absolute atomic E-state index is 0.00435. The minimum Gasteiger partial charge on any atom is -0.349 e. The van der Waals surface area contributed by atoms with Crippen LogP contribution in [-0.4, -0.2) is 16.9 Å². The molecule has 28 heavy (non-hydrogen) atoms. The average molecular weight is 411 g/mol. The molecule has 2 aromatic carbocycles. The van der Waals surface area contributed by atoms with E-state index in [4.69, 9.17) is 16.6 Å². The van der Waals surface area contributed by atoms with Crippen molar-refractivity contribution < 1.29 is 4.79 Å². The van der Waals surface area contributed by atoms with E-state index in [0.29, 0.717) is 16.5 Å². The highest BCUT2D eigenvalue weighted by Gasteiger charge is 2.24. The second-order valence-corrected chi connectivity index (χ2v) is 8.95. The van der Waals surface area contributed by atoms with Gasteiger partial charge in [-0.15, -0.1) is 0 Å². The summed E-state index contributed by atoms with van der Waals surface area (Å²) in [5.41, 5.74) is 1.53. The maximum Gasteiger partial charge on any atom is 0.252 e. The molecule has 0 aliphatic heterocycles. The molecule has 1 amide bonds. The van der Waals surface area contributed by atoms with E-state index in [1.54, 1.807) is 0 Å². The van der Waals surface area contributed by atoms with Crippen LogP contribution in [-0.2, 0) is 0 Å². The fourth-order valence-electron chi connectivity index (χ4n) is 3.79. The Morgan fingerprint density at radius 2 is 1.86 bits per heavy atom. The summed E-state index contributed by atoms with van der Waals surface area (Å²) in [6.45, 7) is 2.23. The standard InChI is InChI=1S/C23H23ClN2OS/c1-15-6-2-4-8-20(15)26-23(27)19-14-22(25-21-9-5-3-7-18(19)21)28-17-12-10-16(24)11-13-17/h3,5,7,9-15,20H,2,4,6,8H2,1H3,(H,26,27). The third-order valence-corrected chi connectivity index (χ3v) is 6.58. The number of benzene rings is 2. The van der Waals surface area contributed by atoms with Gasteiger partial charge in [0, 0.05) is 21.3 Å². The maximum absolute atomic E-state index is 13.2. The monoisotopic (exact) mass is 410 g/mol. The van der Waals surface area contributed by atoms with Crippen molar-refractivity contribution in [2.24, 2.45) is 5.92 Å². The summed E-state index contributed by atoms with van der Waals surface area (Å²) in [4.78, 5) is 18.9. The Morgan fingerprint density at radius 3 is 2.64 bits per heavy atom. The Balaban J connectivity index is 1.65.